The summed E-state index contributed by atoms with van der Waals surface area (Å²) in [7, 11) is 1.80. The first-order valence-corrected chi connectivity index (χ1v) is 9.63. The van der Waals surface area contributed by atoms with Crippen LogP contribution in [0.5, 0.6) is 11.5 Å². The van der Waals surface area contributed by atoms with E-state index < -0.39 is 0 Å². The van der Waals surface area contributed by atoms with Gasteiger partial charge in [-0.3, -0.25) is 4.79 Å². The zero-order valence-corrected chi connectivity index (χ0v) is 16.0. The van der Waals surface area contributed by atoms with Gasteiger partial charge in [0.1, 0.15) is 18.2 Å². The number of nitrogens with zero attached hydrogens (tertiary/aromatic N) is 2. The van der Waals surface area contributed by atoms with Crippen molar-refractivity contribution in [2.75, 3.05) is 20.3 Å². The molecular formula is C21H20N2O3S. The van der Waals surface area contributed by atoms with Crippen molar-refractivity contribution in [2.45, 2.75) is 13.0 Å². The Morgan fingerprint density at radius 2 is 1.96 bits per heavy atom. The summed E-state index contributed by atoms with van der Waals surface area (Å²) in [5, 5.41) is 0.930. The lowest BCUT2D eigenvalue weighted by Crippen LogP contribution is -2.27. The number of hydrogen-bond acceptors (Lipinski definition) is 5. The molecule has 2 heterocycles. The molecule has 4 rings (SSSR count). The summed E-state index contributed by atoms with van der Waals surface area (Å²) in [4.78, 5) is 18.9. The largest absolute Gasteiger partial charge is 0.486 e. The number of thiazole rings is 1. The lowest BCUT2D eigenvalue weighted by atomic mass is 10.1. The van der Waals surface area contributed by atoms with E-state index >= 15 is 0 Å². The lowest BCUT2D eigenvalue weighted by molar-refractivity contribution is -0.126. The number of para-hydroxylation sites is 1. The van der Waals surface area contributed by atoms with Crippen LogP contribution in [0.2, 0.25) is 0 Å². The molecule has 1 aliphatic rings. The van der Waals surface area contributed by atoms with Crippen molar-refractivity contribution in [3.05, 3.63) is 59.1 Å². The highest BCUT2D eigenvalue weighted by atomic mass is 32.1. The molecular weight excluding hydrogens is 360 g/mol. The fraction of sp³-hybridized carbons (Fsp3) is 0.238. The second-order valence-corrected chi connectivity index (χ2v) is 7.44. The van der Waals surface area contributed by atoms with E-state index in [0.29, 0.717) is 19.0 Å². The molecule has 0 bridgehead atoms. The van der Waals surface area contributed by atoms with Gasteiger partial charge in [0, 0.05) is 13.1 Å². The number of carbonyl (C=O) groups excluding carboxylic acids is 1. The van der Waals surface area contributed by atoms with Crippen LogP contribution in [0.15, 0.2) is 48.5 Å². The highest BCUT2D eigenvalue weighted by molar-refractivity contribution is 7.18. The topological polar surface area (TPSA) is 51.7 Å². The van der Waals surface area contributed by atoms with Gasteiger partial charge >= 0.3 is 0 Å². The molecule has 0 saturated carbocycles. The van der Waals surface area contributed by atoms with E-state index in [-0.39, 0.29) is 11.9 Å². The van der Waals surface area contributed by atoms with Crippen LogP contribution < -0.4 is 9.47 Å². The van der Waals surface area contributed by atoms with Gasteiger partial charge in [-0.05, 0) is 42.8 Å². The van der Waals surface area contributed by atoms with Gasteiger partial charge in [-0.2, -0.15) is 0 Å². The SMILES string of the molecule is C[C@@H](c1nc2ccccc2s1)N(C)C(=O)/C=C/c1ccc2c(c1)OCCO2. The Hall–Kier alpha value is -2.86. The monoisotopic (exact) mass is 380 g/mol. The predicted octanol–water partition coefficient (Wildman–Crippen LogP) is 4.30. The first-order chi connectivity index (χ1) is 13.1. The van der Waals surface area contributed by atoms with E-state index in [2.05, 4.69) is 4.98 Å². The Bertz CT molecular complexity index is 979. The summed E-state index contributed by atoms with van der Waals surface area (Å²) in [6, 6.07) is 13.6. The van der Waals surface area contributed by atoms with Gasteiger partial charge in [0.05, 0.1) is 16.3 Å². The Morgan fingerprint density at radius 1 is 1.19 bits per heavy atom. The molecule has 6 heteroatoms. The third-order valence-corrected chi connectivity index (χ3v) is 5.79. The van der Waals surface area contributed by atoms with Crippen LogP contribution in [0.1, 0.15) is 23.5 Å². The molecule has 5 nitrogen and oxygen atoms in total. The molecule has 1 atom stereocenters. The maximum absolute atomic E-state index is 12.6. The number of hydrogen-bond donors (Lipinski definition) is 0. The predicted molar refractivity (Wildman–Crippen MR) is 107 cm³/mol. The van der Waals surface area contributed by atoms with Crippen LogP contribution in [-0.2, 0) is 4.79 Å². The van der Waals surface area contributed by atoms with Gasteiger partial charge in [-0.25, -0.2) is 4.98 Å². The molecule has 0 saturated heterocycles. The molecule has 0 aliphatic carbocycles. The average molecular weight is 380 g/mol. The highest BCUT2D eigenvalue weighted by Gasteiger charge is 2.19. The Labute approximate surface area is 161 Å². The van der Waals surface area contributed by atoms with Crippen LogP contribution in [-0.4, -0.2) is 36.1 Å². The van der Waals surface area contributed by atoms with Crippen molar-refractivity contribution in [3.8, 4) is 11.5 Å². The standard InChI is InChI=1S/C21H20N2O3S/c1-14(21-22-16-5-3-4-6-19(16)27-21)23(2)20(24)10-8-15-7-9-17-18(13-15)26-12-11-25-17/h3-10,13-14H,11-12H2,1-2H3/b10-8+/t14-/m0/s1. The summed E-state index contributed by atoms with van der Waals surface area (Å²) >= 11 is 1.62. The highest BCUT2D eigenvalue weighted by Crippen LogP contribution is 2.31. The number of fused-ring (bicyclic) bond motifs is 2. The fourth-order valence-electron chi connectivity index (χ4n) is 2.87. The molecule has 1 aromatic heterocycles. The molecule has 0 radical (unpaired) electrons. The van der Waals surface area contributed by atoms with Gasteiger partial charge in [-0.15, -0.1) is 11.3 Å². The number of aromatic nitrogens is 1. The van der Waals surface area contributed by atoms with Gasteiger partial charge < -0.3 is 14.4 Å². The number of amides is 1. The number of carbonyl (C=O) groups is 1. The third kappa shape index (κ3) is 3.66. The Balaban J connectivity index is 1.47. The van der Waals surface area contributed by atoms with E-state index in [1.165, 1.54) is 0 Å². The van der Waals surface area contributed by atoms with Crippen LogP contribution in [0, 0.1) is 0 Å². The van der Waals surface area contributed by atoms with Crippen molar-refractivity contribution in [2.24, 2.45) is 0 Å². The second kappa shape index (κ2) is 7.40. The normalized spacial score (nSPS) is 14.4. The second-order valence-electron chi connectivity index (χ2n) is 6.38. The van der Waals surface area contributed by atoms with Crippen molar-refractivity contribution < 1.29 is 14.3 Å². The van der Waals surface area contributed by atoms with E-state index in [0.717, 1.165) is 26.5 Å². The number of rotatable bonds is 4. The summed E-state index contributed by atoms with van der Waals surface area (Å²) in [6.07, 6.45) is 3.37. The lowest BCUT2D eigenvalue weighted by Gasteiger charge is -2.21. The average Bonchev–Trinajstić information content (AvgIpc) is 3.15. The summed E-state index contributed by atoms with van der Waals surface area (Å²) in [5.41, 5.74) is 1.87. The number of ether oxygens (including phenoxy) is 2. The minimum atomic E-state index is -0.0974. The van der Waals surface area contributed by atoms with Crippen molar-refractivity contribution in [1.82, 2.24) is 9.88 Å². The summed E-state index contributed by atoms with van der Waals surface area (Å²) in [5.74, 6) is 1.38. The molecule has 27 heavy (non-hydrogen) atoms. The quantitative estimate of drug-likeness (QED) is 0.633. The molecule has 0 spiro atoms. The summed E-state index contributed by atoms with van der Waals surface area (Å²) < 4.78 is 12.2. The number of benzene rings is 2. The minimum absolute atomic E-state index is 0.0726. The first-order valence-electron chi connectivity index (χ1n) is 8.82. The van der Waals surface area contributed by atoms with Crippen molar-refractivity contribution >= 4 is 33.5 Å². The molecule has 2 aromatic carbocycles. The summed E-state index contributed by atoms with van der Waals surface area (Å²) in [6.45, 7) is 3.10. The molecule has 1 amide bonds. The van der Waals surface area contributed by atoms with Crippen molar-refractivity contribution in [3.63, 3.8) is 0 Å². The fourth-order valence-corrected chi connectivity index (χ4v) is 3.94. The van der Waals surface area contributed by atoms with Gasteiger partial charge in [0.2, 0.25) is 5.91 Å². The maximum atomic E-state index is 12.6. The maximum Gasteiger partial charge on any atom is 0.246 e. The molecule has 0 fully saturated rings. The zero-order valence-electron chi connectivity index (χ0n) is 15.2. The van der Waals surface area contributed by atoms with Gasteiger partial charge in [0.15, 0.2) is 11.5 Å². The molecule has 0 N–H and O–H groups in total. The molecule has 1 aliphatic heterocycles. The van der Waals surface area contributed by atoms with E-state index in [4.69, 9.17) is 9.47 Å². The van der Waals surface area contributed by atoms with Gasteiger partial charge in [0.25, 0.3) is 0 Å². The number of likely N-dealkylation sites (N-methyl/N-ethyl adjacent to an activating group) is 1. The van der Waals surface area contributed by atoms with Crippen LogP contribution >= 0.6 is 11.3 Å². The smallest absolute Gasteiger partial charge is 0.246 e. The first kappa shape index (κ1) is 17.5. The minimum Gasteiger partial charge on any atom is -0.486 e. The third-order valence-electron chi connectivity index (χ3n) is 4.58. The molecule has 138 valence electrons. The molecule has 0 unspecified atom stereocenters. The Morgan fingerprint density at radius 3 is 2.78 bits per heavy atom. The van der Waals surface area contributed by atoms with Crippen LogP contribution in [0.4, 0.5) is 0 Å². The zero-order chi connectivity index (χ0) is 18.8. The van der Waals surface area contributed by atoms with E-state index in [9.17, 15) is 4.79 Å². The van der Waals surface area contributed by atoms with Crippen molar-refractivity contribution in [1.29, 1.82) is 0 Å². The Kier molecular flexibility index (Phi) is 4.81. The van der Waals surface area contributed by atoms with E-state index in [1.807, 2.05) is 49.4 Å². The van der Waals surface area contributed by atoms with Crippen LogP contribution in [0.3, 0.4) is 0 Å². The molecule has 3 aromatic rings. The van der Waals surface area contributed by atoms with Gasteiger partial charge in [-0.1, -0.05) is 18.2 Å². The van der Waals surface area contributed by atoms with Crippen LogP contribution in [0.25, 0.3) is 16.3 Å². The van der Waals surface area contributed by atoms with E-state index in [1.54, 1.807) is 35.4 Å².